The predicted octanol–water partition coefficient (Wildman–Crippen LogP) is 10.2. The molecular weight excluding hydrogens is 1260 g/mol. The number of pyridine rings is 4. The first-order chi connectivity index (χ1) is 34.3. The van der Waals surface area contributed by atoms with Crippen molar-refractivity contribution >= 4 is 55.0 Å². The van der Waals surface area contributed by atoms with Gasteiger partial charge in [0.2, 0.25) is 0 Å². The van der Waals surface area contributed by atoms with Crippen molar-refractivity contribution in [1.29, 1.82) is 0 Å². The molecule has 12 nitrogen and oxygen atoms in total. The Bertz CT molecular complexity index is 3710. The summed E-state index contributed by atoms with van der Waals surface area (Å²) in [6.45, 7) is 0. The van der Waals surface area contributed by atoms with Gasteiger partial charge in [-0.15, -0.1) is 35.7 Å². The van der Waals surface area contributed by atoms with E-state index in [9.17, 15) is 0 Å². The summed E-state index contributed by atoms with van der Waals surface area (Å²) in [5.74, 6) is 1.55. The fourth-order valence-corrected chi connectivity index (χ4v) is 8.74. The molecule has 0 saturated heterocycles. The SMILES string of the molecule is CN(C)c1cc2ccccc2cc1-n1[c-][n+](-c2[c-]c(Oc3[c-]c(-c4[c-]c(Oc5[c-]c(-[n+]6[c-]n(-c7cc8ccccc8cc7N(C)C)c7ccccc76)cnc5)ccn4)ncc3)cnc2)c2ccccc21.[Pt].[Pt]. The van der Waals surface area contributed by atoms with Crippen LogP contribution in [0, 0.1) is 36.9 Å². The molecule has 6 heterocycles. The molecular formula is C58H40N10O2Pt2-4. The second-order valence-corrected chi connectivity index (χ2v) is 17.0. The van der Waals surface area contributed by atoms with Gasteiger partial charge >= 0.3 is 0 Å². The van der Waals surface area contributed by atoms with Gasteiger partial charge in [0.05, 0.1) is 33.4 Å². The first-order valence-electron chi connectivity index (χ1n) is 22.5. The van der Waals surface area contributed by atoms with Crippen molar-refractivity contribution in [2.75, 3.05) is 38.0 Å². The van der Waals surface area contributed by atoms with Crippen molar-refractivity contribution in [3.8, 4) is 57.1 Å². The molecule has 0 unspecified atom stereocenters. The van der Waals surface area contributed by atoms with Gasteiger partial charge in [0.15, 0.2) is 0 Å². The van der Waals surface area contributed by atoms with Gasteiger partial charge in [-0.1, -0.05) is 109 Å². The van der Waals surface area contributed by atoms with Crippen molar-refractivity contribution in [3.05, 3.63) is 208 Å². The third kappa shape index (κ3) is 9.00. The van der Waals surface area contributed by atoms with Crippen LogP contribution < -0.4 is 28.4 Å². The van der Waals surface area contributed by atoms with Crippen LogP contribution in [0.1, 0.15) is 0 Å². The molecule has 0 saturated carbocycles. The zero-order chi connectivity index (χ0) is 47.3. The number of aromatic nitrogens is 8. The third-order valence-electron chi connectivity index (χ3n) is 12.0. The summed E-state index contributed by atoms with van der Waals surface area (Å²) in [6.07, 6.45) is 17.1. The van der Waals surface area contributed by atoms with Crippen LogP contribution in [0.25, 0.3) is 77.7 Å². The van der Waals surface area contributed by atoms with E-state index in [1.54, 1.807) is 49.3 Å². The van der Waals surface area contributed by atoms with Crippen molar-refractivity contribution < 1.29 is 60.7 Å². The molecule has 0 fully saturated rings. The molecule has 0 spiro atoms. The molecule has 12 rings (SSSR count). The largest absolute Gasteiger partial charge is 0.509 e. The molecule has 6 aromatic carbocycles. The van der Waals surface area contributed by atoms with Crippen molar-refractivity contribution in [1.82, 2.24) is 29.1 Å². The first-order valence-corrected chi connectivity index (χ1v) is 22.5. The maximum Gasteiger partial charge on any atom is 0.268 e. The zero-order valence-corrected chi connectivity index (χ0v) is 43.6. The van der Waals surface area contributed by atoms with Crippen LogP contribution in [-0.4, -0.2) is 57.3 Å². The number of nitrogens with zero attached hydrogens (tertiary/aromatic N) is 10. The summed E-state index contributed by atoms with van der Waals surface area (Å²) in [4.78, 5) is 22.4. The van der Waals surface area contributed by atoms with Gasteiger partial charge in [0.25, 0.3) is 12.7 Å². The van der Waals surface area contributed by atoms with Crippen molar-refractivity contribution in [2.24, 2.45) is 0 Å². The number of ether oxygens (including phenoxy) is 2. The molecule has 12 aromatic rings. The molecule has 72 heavy (non-hydrogen) atoms. The number of benzene rings is 6. The summed E-state index contributed by atoms with van der Waals surface area (Å²) in [6, 6.07) is 58.6. The number of rotatable bonds is 11. The molecule has 0 atom stereocenters. The predicted molar refractivity (Wildman–Crippen MR) is 270 cm³/mol. The maximum absolute atomic E-state index is 6.33. The van der Waals surface area contributed by atoms with Gasteiger partial charge in [0.1, 0.15) is 0 Å². The van der Waals surface area contributed by atoms with Gasteiger partial charge in [-0.25, -0.2) is 0 Å². The van der Waals surface area contributed by atoms with Gasteiger partial charge in [-0.3, -0.25) is 9.13 Å². The molecule has 14 heteroatoms. The Labute approximate surface area is 444 Å². The topological polar surface area (TPSA) is 94.1 Å². The second-order valence-electron chi connectivity index (χ2n) is 17.0. The molecule has 0 aliphatic carbocycles. The molecule has 6 aromatic heterocycles. The number of fused-ring (bicyclic) bond motifs is 4. The normalized spacial score (nSPS) is 11.1. The van der Waals surface area contributed by atoms with E-state index in [0.717, 1.165) is 66.4 Å². The minimum Gasteiger partial charge on any atom is -0.509 e. The molecule has 358 valence electrons. The second kappa shape index (κ2) is 20.0. The average Bonchev–Trinajstić information content (AvgIpc) is 3.98. The summed E-state index contributed by atoms with van der Waals surface area (Å²) in [7, 11) is 8.21. The number of imidazole rings is 2. The van der Waals surface area contributed by atoms with Crippen LogP contribution >= 0.6 is 0 Å². The van der Waals surface area contributed by atoms with Gasteiger partial charge in [-0.05, 0) is 82.0 Å². The fraction of sp³-hybridized carbons (Fsp3) is 0.0690. The molecule has 0 radical (unpaired) electrons. The van der Waals surface area contributed by atoms with Crippen LogP contribution in [0.5, 0.6) is 23.0 Å². The Morgan fingerprint density at radius 3 is 1.25 bits per heavy atom. The van der Waals surface area contributed by atoms with E-state index in [1.165, 1.54) is 0 Å². The molecule has 0 aliphatic heterocycles. The van der Waals surface area contributed by atoms with E-state index in [1.807, 2.05) is 33.4 Å². The van der Waals surface area contributed by atoms with Crippen LogP contribution in [0.15, 0.2) is 171 Å². The average molecular weight is 1300 g/mol. The zero-order valence-electron chi connectivity index (χ0n) is 39.1. The molecule has 0 aliphatic rings. The van der Waals surface area contributed by atoms with Crippen molar-refractivity contribution in [2.45, 2.75) is 0 Å². The van der Waals surface area contributed by atoms with E-state index < -0.39 is 0 Å². The fourth-order valence-electron chi connectivity index (χ4n) is 8.74. The van der Waals surface area contributed by atoms with Crippen LogP contribution in [0.2, 0.25) is 0 Å². The smallest absolute Gasteiger partial charge is 0.268 e. The van der Waals surface area contributed by atoms with Gasteiger partial charge in [0, 0.05) is 105 Å². The Morgan fingerprint density at radius 2 is 0.833 bits per heavy atom. The molecule has 0 amide bonds. The Balaban J connectivity index is 0.00000298. The summed E-state index contributed by atoms with van der Waals surface area (Å²) in [5.41, 5.74) is 10.0. The minimum absolute atomic E-state index is 0. The van der Waals surface area contributed by atoms with Crippen molar-refractivity contribution in [3.63, 3.8) is 0 Å². The summed E-state index contributed by atoms with van der Waals surface area (Å²) in [5, 5.41) is 4.60. The standard InChI is InChI=1S/C58H40N10O2.2Pt/c1-63(2)55-25-39-13-5-7-15-41(39)27-57(55)67-37-65(51-17-9-11-19-53(51)67)43-29-47(35-59-33-43)69-45-21-23-61-49(31-45)50-32-46(22-24-62-50)70-48-30-44(34-60-36-48)66-38-68(54-20-12-10-18-52(54)66)58-28-42-16-8-6-14-40(42)26-56(58)64(3)4;;/h5-28,33-36H,1-4H3;;/q-4;;. The van der Waals surface area contributed by atoms with Gasteiger partial charge < -0.3 is 48.3 Å². The van der Waals surface area contributed by atoms with E-state index in [-0.39, 0.29) is 42.1 Å². The Kier molecular flexibility index (Phi) is 13.2. The molecule has 0 N–H and O–H groups in total. The van der Waals surface area contributed by atoms with E-state index in [2.05, 4.69) is 201 Å². The monoisotopic (exact) mass is 1300 g/mol. The number of hydrogen-bond donors (Lipinski definition) is 0. The summed E-state index contributed by atoms with van der Waals surface area (Å²) < 4.78 is 20.7. The van der Waals surface area contributed by atoms with E-state index >= 15 is 0 Å². The number of anilines is 2. The van der Waals surface area contributed by atoms with Crippen LogP contribution in [-0.2, 0) is 42.1 Å². The van der Waals surface area contributed by atoms with E-state index in [0.29, 0.717) is 45.8 Å². The molecule has 0 bridgehead atoms. The first kappa shape index (κ1) is 47.6. The Morgan fingerprint density at radius 1 is 0.444 bits per heavy atom. The maximum atomic E-state index is 6.33. The number of para-hydroxylation sites is 4. The quantitative estimate of drug-likeness (QED) is 0.0934. The van der Waals surface area contributed by atoms with Crippen LogP contribution in [0.4, 0.5) is 11.4 Å². The van der Waals surface area contributed by atoms with Gasteiger partial charge in [-0.2, -0.15) is 12.1 Å². The van der Waals surface area contributed by atoms with Crippen LogP contribution in [0.3, 0.4) is 0 Å². The Hall–Kier alpha value is -8.04. The minimum atomic E-state index is 0. The third-order valence-corrected chi connectivity index (χ3v) is 12.0. The number of hydrogen-bond acceptors (Lipinski definition) is 8. The summed E-state index contributed by atoms with van der Waals surface area (Å²) >= 11 is 0. The van der Waals surface area contributed by atoms with E-state index in [4.69, 9.17) is 9.47 Å².